The summed E-state index contributed by atoms with van der Waals surface area (Å²) in [5.74, 6) is 0. The van der Waals surface area contributed by atoms with Gasteiger partial charge in [-0.05, 0) is 29.3 Å². The number of nitro groups is 1. The second-order valence-electron chi connectivity index (χ2n) is 4.03. The molecule has 20 heavy (non-hydrogen) atoms. The number of rotatable bonds is 3. The molecule has 98 valence electrons. The molecule has 0 unspecified atom stereocenters. The van der Waals surface area contributed by atoms with Crippen LogP contribution in [0.4, 0.5) is 5.69 Å². The van der Waals surface area contributed by atoms with Crippen molar-refractivity contribution < 1.29 is 4.92 Å². The van der Waals surface area contributed by atoms with Gasteiger partial charge in [0.05, 0.1) is 16.6 Å². The molecule has 0 bridgehead atoms. The maximum atomic E-state index is 10.8. The van der Waals surface area contributed by atoms with Crippen molar-refractivity contribution in [1.82, 2.24) is 0 Å². The largest absolute Gasteiger partial charge is 0.270 e. The quantitative estimate of drug-likeness (QED) is 0.365. The Morgan fingerprint density at radius 2 is 2.00 bits per heavy atom. The number of allylic oxidation sites excluding steroid dienone is 1. The number of hydrogen-bond donors (Lipinski definition) is 0. The van der Waals surface area contributed by atoms with Crippen LogP contribution >= 0.6 is 11.6 Å². The molecule has 0 radical (unpaired) electrons. The highest BCUT2D eigenvalue weighted by molar-refractivity contribution is 6.30. The van der Waals surface area contributed by atoms with E-state index in [1.165, 1.54) is 12.1 Å². The van der Waals surface area contributed by atoms with Crippen molar-refractivity contribution in [3.8, 4) is 6.07 Å². The van der Waals surface area contributed by atoms with Crippen molar-refractivity contribution in [2.24, 2.45) is 0 Å². The molecule has 0 fully saturated rings. The van der Waals surface area contributed by atoms with Crippen molar-refractivity contribution in [3.05, 3.63) is 74.8 Å². The molecular weight excluding hydrogens is 276 g/mol. The average molecular weight is 285 g/mol. The lowest BCUT2D eigenvalue weighted by atomic mass is 10.0. The fraction of sp³-hybridized carbons (Fsp3) is 0. The summed E-state index contributed by atoms with van der Waals surface area (Å²) in [7, 11) is 0. The van der Waals surface area contributed by atoms with Gasteiger partial charge in [0, 0.05) is 17.2 Å². The lowest BCUT2D eigenvalue weighted by Gasteiger charge is -2.00. The summed E-state index contributed by atoms with van der Waals surface area (Å²) in [5.41, 5.74) is 1.56. The van der Waals surface area contributed by atoms with E-state index >= 15 is 0 Å². The van der Waals surface area contributed by atoms with Gasteiger partial charge < -0.3 is 0 Å². The van der Waals surface area contributed by atoms with E-state index in [-0.39, 0.29) is 5.69 Å². The van der Waals surface area contributed by atoms with Crippen LogP contribution in [0.25, 0.3) is 11.6 Å². The van der Waals surface area contributed by atoms with Crippen LogP contribution in [0, 0.1) is 21.4 Å². The Hall–Kier alpha value is -2.64. The van der Waals surface area contributed by atoms with Crippen LogP contribution in [0.1, 0.15) is 11.1 Å². The van der Waals surface area contributed by atoms with E-state index in [1.54, 1.807) is 42.5 Å². The number of benzene rings is 2. The maximum absolute atomic E-state index is 10.8. The van der Waals surface area contributed by atoms with Gasteiger partial charge >= 0.3 is 0 Å². The third kappa shape index (κ3) is 3.22. The van der Waals surface area contributed by atoms with E-state index < -0.39 is 4.92 Å². The molecule has 0 saturated carbocycles. The van der Waals surface area contributed by atoms with Crippen LogP contribution in [0.3, 0.4) is 0 Å². The van der Waals surface area contributed by atoms with Crippen molar-refractivity contribution in [2.45, 2.75) is 0 Å². The van der Waals surface area contributed by atoms with Gasteiger partial charge in [-0.15, -0.1) is 0 Å². The van der Waals surface area contributed by atoms with Gasteiger partial charge in [0.25, 0.3) is 5.69 Å². The predicted octanol–water partition coefficient (Wildman–Crippen LogP) is 4.31. The molecule has 0 heterocycles. The summed E-state index contributed by atoms with van der Waals surface area (Å²) in [5, 5.41) is 20.5. The molecule has 0 aliphatic heterocycles. The summed E-state index contributed by atoms with van der Waals surface area (Å²) in [6.07, 6.45) is 1.64. The summed E-state index contributed by atoms with van der Waals surface area (Å²) in [6.45, 7) is 0. The molecule has 0 N–H and O–H groups in total. The van der Waals surface area contributed by atoms with Gasteiger partial charge in [0.2, 0.25) is 0 Å². The van der Waals surface area contributed by atoms with E-state index in [0.717, 1.165) is 5.56 Å². The summed E-state index contributed by atoms with van der Waals surface area (Å²) in [4.78, 5) is 10.3. The Bertz CT molecular complexity index is 733. The molecule has 4 nitrogen and oxygen atoms in total. The standard InChI is InChI=1S/C15H9ClN2O2/c16-14-5-1-3-11(8-14)7-13(10-17)12-4-2-6-15(9-12)18(19)20/h1-9H. The van der Waals surface area contributed by atoms with E-state index in [9.17, 15) is 15.4 Å². The first-order chi connectivity index (χ1) is 9.60. The summed E-state index contributed by atoms with van der Waals surface area (Å²) < 4.78 is 0. The summed E-state index contributed by atoms with van der Waals surface area (Å²) >= 11 is 5.88. The number of halogens is 1. The van der Waals surface area contributed by atoms with Gasteiger partial charge in [-0.25, -0.2) is 0 Å². The van der Waals surface area contributed by atoms with Crippen molar-refractivity contribution in [1.29, 1.82) is 5.26 Å². The molecule has 0 aromatic heterocycles. The molecule has 0 saturated heterocycles. The first-order valence-electron chi connectivity index (χ1n) is 5.72. The second-order valence-corrected chi connectivity index (χ2v) is 4.47. The average Bonchev–Trinajstić information content (AvgIpc) is 2.45. The number of non-ortho nitro benzene ring substituents is 1. The first kappa shape index (κ1) is 13.8. The monoisotopic (exact) mass is 284 g/mol. The highest BCUT2D eigenvalue weighted by atomic mass is 35.5. The van der Waals surface area contributed by atoms with Crippen LogP contribution in [-0.4, -0.2) is 4.92 Å². The molecular formula is C15H9ClN2O2. The molecule has 5 heteroatoms. The second kappa shape index (κ2) is 6.00. The molecule has 0 spiro atoms. The minimum atomic E-state index is -0.488. The zero-order valence-corrected chi connectivity index (χ0v) is 11.0. The minimum absolute atomic E-state index is 0.0465. The molecule has 2 aromatic rings. The van der Waals surface area contributed by atoms with Crippen LogP contribution in [0.5, 0.6) is 0 Å². The Morgan fingerprint density at radius 1 is 1.25 bits per heavy atom. The van der Waals surface area contributed by atoms with Crippen LogP contribution in [0.2, 0.25) is 5.02 Å². The minimum Gasteiger partial charge on any atom is -0.258 e. The highest BCUT2D eigenvalue weighted by Crippen LogP contribution is 2.23. The molecule has 2 rings (SSSR count). The maximum Gasteiger partial charge on any atom is 0.270 e. The zero-order chi connectivity index (χ0) is 14.5. The van der Waals surface area contributed by atoms with Crippen molar-refractivity contribution >= 4 is 28.9 Å². The van der Waals surface area contributed by atoms with Gasteiger partial charge in [0.1, 0.15) is 0 Å². The Balaban J connectivity index is 2.45. The van der Waals surface area contributed by atoms with E-state index in [2.05, 4.69) is 0 Å². The van der Waals surface area contributed by atoms with Gasteiger partial charge in [-0.1, -0.05) is 35.9 Å². The Morgan fingerprint density at radius 3 is 2.65 bits per heavy atom. The summed E-state index contributed by atoms with van der Waals surface area (Å²) in [6, 6.07) is 15.1. The third-order valence-electron chi connectivity index (χ3n) is 2.65. The zero-order valence-electron chi connectivity index (χ0n) is 10.3. The molecule has 0 amide bonds. The van der Waals surface area contributed by atoms with E-state index in [0.29, 0.717) is 16.2 Å². The van der Waals surface area contributed by atoms with Crippen LogP contribution < -0.4 is 0 Å². The highest BCUT2D eigenvalue weighted by Gasteiger charge is 2.08. The van der Waals surface area contributed by atoms with Crippen molar-refractivity contribution in [2.75, 3.05) is 0 Å². The molecule has 2 aromatic carbocycles. The fourth-order valence-corrected chi connectivity index (χ4v) is 1.93. The number of nitriles is 1. The number of nitrogens with zero attached hydrogens (tertiary/aromatic N) is 2. The molecule has 0 aliphatic rings. The van der Waals surface area contributed by atoms with Gasteiger partial charge in [0.15, 0.2) is 0 Å². The Labute approximate surface area is 120 Å². The van der Waals surface area contributed by atoms with E-state index in [4.69, 9.17) is 11.6 Å². The molecule has 0 aliphatic carbocycles. The van der Waals surface area contributed by atoms with Gasteiger partial charge in [-0.2, -0.15) is 5.26 Å². The first-order valence-corrected chi connectivity index (χ1v) is 6.10. The van der Waals surface area contributed by atoms with Gasteiger partial charge in [-0.3, -0.25) is 10.1 Å². The lowest BCUT2D eigenvalue weighted by Crippen LogP contribution is -1.89. The van der Waals surface area contributed by atoms with Crippen LogP contribution in [-0.2, 0) is 0 Å². The smallest absolute Gasteiger partial charge is 0.258 e. The van der Waals surface area contributed by atoms with E-state index in [1.807, 2.05) is 6.07 Å². The fourth-order valence-electron chi connectivity index (χ4n) is 1.73. The third-order valence-corrected chi connectivity index (χ3v) is 2.88. The SMILES string of the molecule is N#CC(=Cc1cccc(Cl)c1)c1cccc([N+](=O)[O-])c1. The van der Waals surface area contributed by atoms with Crippen molar-refractivity contribution in [3.63, 3.8) is 0 Å². The number of hydrogen-bond acceptors (Lipinski definition) is 3. The predicted molar refractivity (Wildman–Crippen MR) is 78.0 cm³/mol. The Kier molecular flexibility index (Phi) is 4.14. The normalized spacial score (nSPS) is 10.9. The van der Waals surface area contributed by atoms with Crippen LogP contribution in [0.15, 0.2) is 48.5 Å². The number of nitro benzene ring substituents is 1. The topological polar surface area (TPSA) is 66.9 Å². The lowest BCUT2D eigenvalue weighted by molar-refractivity contribution is -0.384. The molecule has 0 atom stereocenters.